The summed E-state index contributed by atoms with van der Waals surface area (Å²) < 4.78 is 5.40. The number of carboxylic acids is 1. The van der Waals surface area contributed by atoms with Gasteiger partial charge < -0.3 is 20.3 Å². The number of aromatic nitrogens is 2. The van der Waals surface area contributed by atoms with Crippen LogP contribution in [0.5, 0.6) is 0 Å². The largest absolute Gasteiger partial charge is 0.481 e. The van der Waals surface area contributed by atoms with E-state index in [2.05, 4.69) is 32.9 Å². The molecule has 1 aliphatic rings. The summed E-state index contributed by atoms with van der Waals surface area (Å²) >= 11 is 0. The molecule has 234 valence electrons. The average Bonchev–Trinajstić information content (AvgIpc) is 3.56. The quantitative estimate of drug-likeness (QED) is 0.162. The minimum Gasteiger partial charge on any atom is -0.481 e. The molecule has 0 atom stereocenters. The van der Waals surface area contributed by atoms with Crippen molar-refractivity contribution in [3.63, 3.8) is 0 Å². The van der Waals surface area contributed by atoms with Crippen LogP contribution in [0.4, 0.5) is 16.2 Å². The smallest absolute Gasteiger partial charge is 0.326 e. The Hall–Kier alpha value is -4.99. The van der Waals surface area contributed by atoms with Gasteiger partial charge in [0.25, 0.3) is 11.8 Å². The zero-order chi connectivity index (χ0) is 31.8. The fourth-order valence-electron chi connectivity index (χ4n) is 5.45. The van der Waals surface area contributed by atoms with Gasteiger partial charge in [-0.25, -0.2) is 4.79 Å². The molecule has 0 saturated heterocycles. The molecule has 0 radical (unpaired) electrons. The van der Waals surface area contributed by atoms with Crippen LogP contribution in [0.2, 0.25) is 0 Å². The second-order valence-corrected chi connectivity index (χ2v) is 11.7. The standard InChI is InChI=1S/C35H39N5O5/c1-23(2)32-38-34(45-39-32)28-12-16-29(17-13-28)37-35(44)40(30-18-14-26(15-19-30)25-6-4-3-5-7-25)22-24-8-10-27(11-9-24)33(43)36-21-20-31(41)42/h8-19,23,25H,3-7,20-22H2,1-2H3,(H,36,43)(H,37,44)(H,41,42). The van der Waals surface area contributed by atoms with Crippen LogP contribution >= 0.6 is 0 Å². The number of carbonyl (C=O) groups is 3. The second kappa shape index (κ2) is 14.7. The summed E-state index contributed by atoms with van der Waals surface area (Å²) in [5, 5.41) is 18.5. The molecule has 4 aromatic rings. The van der Waals surface area contributed by atoms with Crippen molar-refractivity contribution in [1.82, 2.24) is 15.5 Å². The molecule has 1 saturated carbocycles. The Bertz CT molecular complexity index is 1590. The highest BCUT2D eigenvalue weighted by molar-refractivity contribution is 6.01. The molecule has 1 fully saturated rings. The number of anilines is 2. The van der Waals surface area contributed by atoms with Crippen molar-refractivity contribution in [2.24, 2.45) is 0 Å². The zero-order valence-electron chi connectivity index (χ0n) is 25.7. The van der Waals surface area contributed by atoms with Crippen molar-refractivity contribution >= 4 is 29.3 Å². The predicted octanol–water partition coefficient (Wildman–Crippen LogP) is 7.35. The summed E-state index contributed by atoms with van der Waals surface area (Å²) in [5.74, 6) is 0.452. The summed E-state index contributed by atoms with van der Waals surface area (Å²) in [4.78, 5) is 43.0. The molecular formula is C35H39N5O5. The summed E-state index contributed by atoms with van der Waals surface area (Å²) in [6.07, 6.45) is 6.03. The van der Waals surface area contributed by atoms with Crippen LogP contribution in [0.3, 0.4) is 0 Å². The van der Waals surface area contributed by atoms with Crippen molar-refractivity contribution in [3.05, 3.63) is 95.3 Å². The van der Waals surface area contributed by atoms with Gasteiger partial charge in [-0.15, -0.1) is 0 Å². The van der Waals surface area contributed by atoms with Crippen LogP contribution in [-0.2, 0) is 11.3 Å². The third kappa shape index (κ3) is 8.35. The number of nitrogens with one attached hydrogen (secondary N) is 2. The normalized spacial score (nSPS) is 13.4. The van der Waals surface area contributed by atoms with Crippen molar-refractivity contribution in [1.29, 1.82) is 0 Å². The molecule has 1 heterocycles. The molecular weight excluding hydrogens is 570 g/mol. The Morgan fingerprint density at radius 3 is 2.24 bits per heavy atom. The third-order valence-corrected chi connectivity index (χ3v) is 8.05. The van der Waals surface area contributed by atoms with Gasteiger partial charge in [0.05, 0.1) is 13.0 Å². The van der Waals surface area contributed by atoms with Gasteiger partial charge in [-0.2, -0.15) is 4.98 Å². The van der Waals surface area contributed by atoms with Crippen LogP contribution in [0.1, 0.15) is 91.5 Å². The molecule has 3 N–H and O–H groups in total. The van der Waals surface area contributed by atoms with Gasteiger partial charge >= 0.3 is 12.0 Å². The van der Waals surface area contributed by atoms with E-state index in [0.717, 1.165) is 16.8 Å². The number of rotatable bonds is 11. The van der Waals surface area contributed by atoms with Crippen LogP contribution in [-0.4, -0.2) is 39.7 Å². The third-order valence-electron chi connectivity index (χ3n) is 8.05. The highest BCUT2D eigenvalue weighted by Gasteiger charge is 2.20. The zero-order valence-corrected chi connectivity index (χ0v) is 25.7. The lowest BCUT2D eigenvalue weighted by Crippen LogP contribution is -2.34. The van der Waals surface area contributed by atoms with E-state index in [1.54, 1.807) is 41.3 Å². The molecule has 5 rings (SSSR count). The lowest BCUT2D eigenvalue weighted by atomic mass is 9.84. The summed E-state index contributed by atoms with van der Waals surface area (Å²) in [5.41, 5.74) is 4.68. The number of amides is 3. The maximum atomic E-state index is 13.7. The van der Waals surface area contributed by atoms with Crippen molar-refractivity contribution in [2.75, 3.05) is 16.8 Å². The lowest BCUT2D eigenvalue weighted by molar-refractivity contribution is -0.136. The Kier molecular flexibility index (Phi) is 10.2. The molecule has 1 aliphatic carbocycles. The number of hydrogen-bond donors (Lipinski definition) is 3. The molecule has 0 unspecified atom stereocenters. The second-order valence-electron chi connectivity index (χ2n) is 11.7. The van der Waals surface area contributed by atoms with Crippen LogP contribution in [0.25, 0.3) is 11.5 Å². The van der Waals surface area contributed by atoms with Gasteiger partial charge in [0.2, 0.25) is 0 Å². The first kappa shape index (κ1) is 31.4. The fourth-order valence-corrected chi connectivity index (χ4v) is 5.45. The van der Waals surface area contributed by atoms with E-state index in [1.165, 1.54) is 37.7 Å². The van der Waals surface area contributed by atoms with E-state index in [1.807, 2.05) is 38.1 Å². The predicted molar refractivity (Wildman–Crippen MR) is 172 cm³/mol. The average molecular weight is 610 g/mol. The molecule has 1 aromatic heterocycles. The maximum Gasteiger partial charge on any atom is 0.326 e. The SMILES string of the molecule is CC(C)c1noc(-c2ccc(NC(=O)N(Cc3ccc(C(=O)NCCC(=O)O)cc3)c3ccc(C4CCCCC4)cc3)cc2)n1. The number of nitrogens with zero attached hydrogens (tertiary/aromatic N) is 3. The number of aliphatic carboxylic acids is 1. The summed E-state index contributed by atoms with van der Waals surface area (Å²) in [6.45, 7) is 4.32. The van der Waals surface area contributed by atoms with E-state index in [9.17, 15) is 14.4 Å². The monoisotopic (exact) mass is 609 g/mol. The first-order valence-electron chi connectivity index (χ1n) is 15.5. The minimum absolute atomic E-state index is 0.0512. The molecule has 10 nitrogen and oxygen atoms in total. The molecule has 45 heavy (non-hydrogen) atoms. The Balaban J connectivity index is 1.32. The van der Waals surface area contributed by atoms with E-state index in [4.69, 9.17) is 9.63 Å². The first-order chi connectivity index (χ1) is 21.8. The highest BCUT2D eigenvalue weighted by atomic mass is 16.5. The van der Waals surface area contributed by atoms with Crippen LogP contribution < -0.4 is 15.5 Å². The Morgan fingerprint density at radius 2 is 1.62 bits per heavy atom. The van der Waals surface area contributed by atoms with Crippen molar-refractivity contribution in [2.45, 2.75) is 70.8 Å². The molecule has 0 spiro atoms. The number of hydrogen-bond acceptors (Lipinski definition) is 6. The molecule has 0 aliphatic heterocycles. The first-order valence-corrected chi connectivity index (χ1v) is 15.5. The Morgan fingerprint density at radius 1 is 0.933 bits per heavy atom. The van der Waals surface area contributed by atoms with E-state index < -0.39 is 5.97 Å². The highest BCUT2D eigenvalue weighted by Crippen LogP contribution is 2.34. The van der Waals surface area contributed by atoms with Gasteiger partial charge in [0.15, 0.2) is 5.82 Å². The summed E-state index contributed by atoms with van der Waals surface area (Å²) in [6, 6.07) is 22.2. The van der Waals surface area contributed by atoms with Gasteiger partial charge in [-0.1, -0.05) is 62.5 Å². The lowest BCUT2D eigenvalue weighted by Gasteiger charge is -2.26. The van der Waals surface area contributed by atoms with Crippen LogP contribution in [0, 0.1) is 0 Å². The topological polar surface area (TPSA) is 138 Å². The van der Waals surface area contributed by atoms with E-state index in [0.29, 0.717) is 28.9 Å². The minimum atomic E-state index is -0.973. The van der Waals surface area contributed by atoms with Gasteiger partial charge in [-0.05, 0) is 78.4 Å². The van der Waals surface area contributed by atoms with Gasteiger partial charge in [0.1, 0.15) is 0 Å². The van der Waals surface area contributed by atoms with Gasteiger partial charge in [-0.3, -0.25) is 14.5 Å². The number of carbonyl (C=O) groups excluding carboxylic acids is 2. The van der Waals surface area contributed by atoms with Crippen molar-refractivity contribution in [3.8, 4) is 11.5 Å². The molecule has 0 bridgehead atoms. The fraction of sp³-hybridized carbons (Fsp3) is 0.343. The molecule has 10 heteroatoms. The molecule has 3 aromatic carbocycles. The van der Waals surface area contributed by atoms with E-state index in [-0.39, 0.29) is 37.4 Å². The number of carboxylic acid groups (broad SMARTS) is 1. The summed E-state index contributed by atoms with van der Waals surface area (Å²) in [7, 11) is 0. The number of benzene rings is 3. The Labute approximate surface area is 262 Å². The van der Waals surface area contributed by atoms with Crippen LogP contribution in [0.15, 0.2) is 77.3 Å². The van der Waals surface area contributed by atoms with Crippen molar-refractivity contribution < 1.29 is 24.0 Å². The maximum absolute atomic E-state index is 13.7. The number of urea groups is 1. The molecule has 3 amide bonds. The van der Waals surface area contributed by atoms with E-state index >= 15 is 0 Å². The van der Waals surface area contributed by atoms with Gasteiger partial charge in [0, 0.05) is 35.0 Å².